The average molecular weight is 499 g/mol. The molecule has 1 aliphatic heterocycles. The molecule has 0 saturated carbocycles. The van der Waals surface area contributed by atoms with Gasteiger partial charge in [0.05, 0.1) is 35.3 Å². The number of anilines is 1. The molecule has 0 radical (unpaired) electrons. The van der Waals surface area contributed by atoms with Crippen LogP contribution in [0.3, 0.4) is 0 Å². The van der Waals surface area contributed by atoms with Crippen molar-refractivity contribution in [3.05, 3.63) is 52.6 Å². The minimum atomic E-state index is 0.280. The standard InChI is InChI=1S/C24H24Cl2N6O2/c1-33-20-11-18-19(12-21(20)34-2)32(23(30-18)14-5-6-16(25)17(26)10-14)22-7-9-28-24(31-22)29-15-4-3-8-27-13-15/h5-7,9-12,15,27H,3-4,8,13H2,1-2H3,(H,28,29,31). The Hall–Kier alpha value is -3.07. The van der Waals surface area contributed by atoms with E-state index in [1.54, 1.807) is 32.5 Å². The van der Waals surface area contributed by atoms with E-state index in [0.717, 1.165) is 42.5 Å². The molecule has 1 unspecified atom stereocenters. The van der Waals surface area contributed by atoms with Crippen molar-refractivity contribution in [1.82, 2.24) is 24.8 Å². The second-order valence-electron chi connectivity index (χ2n) is 8.02. The van der Waals surface area contributed by atoms with E-state index >= 15 is 0 Å². The number of aromatic nitrogens is 4. The summed E-state index contributed by atoms with van der Waals surface area (Å²) < 4.78 is 13.0. The van der Waals surface area contributed by atoms with Crippen LogP contribution in [0.15, 0.2) is 42.6 Å². The summed E-state index contributed by atoms with van der Waals surface area (Å²) in [5, 5.41) is 7.77. The van der Waals surface area contributed by atoms with Crippen molar-refractivity contribution in [2.75, 3.05) is 32.6 Å². The van der Waals surface area contributed by atoms with Crippen LogP contribution in [0.2, 0.25) is 10.0 Å². The molecule has 1 atom stereocenters. The lowest BCUT2D eigenvalue weighted by atomic mass is 10.1. The lowest BCUT2D eigenvalue weighted by molar-refractivity contribution is 0.355. The summed E-state index contributed by atoms with van der Waals surface area (Å²) in [6.07, 6.45) is 3.93. The maximum atomic E-state index is 6.34. The lowest BCUT2D eigenvalue weighted by Crippen LogP contribution is -2.38. The molecule has 176 valence electrons. The van der Waals surface area contributed by atoms with E-state index in [-0.39, 0.29) is 6.04 Å². The van der Waals surface area contributed by atoms with Crippen LogP contribution in [0.1, 0.15) is 12.8 Å². The van der Waals surface area contributed by atoms with Crippen LogP contribution in [-0.4, -0.2) is 52.9 Å². The number of rotatable bonds is 6. The smallest absolute Gasteiger partial charge is 0.224 e. The van der Waals surface area contributed by atoms with Crippen molar-refractivity contribution >= 4 is 40.2 Å². The molecular formula is C24H24Cl2N6O2. The van der Waals surface area contributed by atoms with Crippen LogP contribution in [0.4, 0.5) is 5.95 Å². The second kappa shape index (κ2) is 9.66. The number of nitrogens with zero attached hydrogens (tertiary/aromatic N) is 4. The number of ether oxygens (including phenoxy) is 2. The van der Waals surface area contributed by atoms with Gasteiger partial charge in [-0.2, -0.15) is 4.98 Å². The first-order valence-corrected chi connectivity index (χ1v) is 11.7. The quantitative estimate of drug-likeness (QED) is 0.388. The highest BCUT2D eigenvalue weighted by molar-refractivity contribution is 6.42. The van der Waals surface area contributed by atoms with Crippen LogP contribution in [0.5, 0.6) is 11.5 Å². The van der Waals surface area contributed by atoms with Gasteiger partial charge in [-0.05, 0) is 43.7 Å². The minimum absolute atomic E-state index is 0.280. The van der Waals surface area contributed by atoms with Gasteiger partial charge in [0.1, 0.15) is 11.6 Å². The molecular weight excluding hydrogens is 475 g/mol. The molecule has 2 N–H and O–H groups in total. The first kappa shape index (κ1) is 22.7. The summed E-state index contributed by atoms with van der Waals surface area (Å²) in [4.78, 5) is 14.2. The summed E-state index contributed by atoms with van der Waals surface area (Å²) in [5.41, 5.74) is 2.33. The number of hydrogen-bond acceptors (Lipinski definition) is 7. The van der Waals surface area contributed by atoms with E-state index in [2.05, 4.69) is 15.6 Å². The normalized spacial score (nSPS) is 15.9. The van der Waals surface area contributed by atoms with E-state index in [1.807, 2.05) is 28.8 Å². The van der Waals surface area contributed by atoms with E-state index in [4.69, 9.17) is 42.6 Å². The lowest BCUT2D eigenvalue weighted by Gasteiger charge is -2.23. The number of methoxy groups -OCH3 is 2. The van der Waals surface area contributed by atoms with Crippen molar-refractivity contribution in [2.24, 2.45) is 0 Å². The predicted molar refractivity (Wildman–Crippen MR) is 135 cm³/mol. The fraction of sp³-hybridized carbons (Fsp3) is 0.292. The fourth-order valence-electron chi connectivity index (χ4n) is 4.17. The number of nitrogens with one attached hydrogen (secondary N) is 2. The van der Waals surface area contributed by atoms with Gasteiger partial charge in [-0.25, -0.2) is 9.97 Å². The van der Waals surface area contributed by atoms with Crippen molar-refractivity contribution in [3.8, 4) is 28.7 Å². The van der Waals surface area contributed by atoms with Gasteiger partial charge >= 0.3 is 0 Å². The molecule has 2 aromatic heterocycles. The summed E-state index contributed by atoms with van der Waals surface area (Å²) in [5.74, 6) is 3.08. The number of benzene rings is 2. The first-order valence-electron chi connectivity index (χ1n) is 11.0. The number of imidazole rings is 1. The number of hydrogen-bond donors (Lipinski definition) is 2. The third-order valence-electron chi connectivity index (χ3n) is 5.84. The second-order valence-corrected chi connectivity index (χ2v) is 8.84. The van der Waals surface area contributed by atoms with Gasteiger partial charge in [-0.3, -0.25) is 4.57 Å². The Kier molecular flexibility index (Phi) is 6.45. The maximum absolute atomic E-state index is 6.34. The number of halogens is 2. The summed E-state index contributed by atoms with van der Waals surface area (Å²) in [7, 11) is 3.21. The molecule has 0 amide bonds. The summed E-state index contributed by atoms with van der Waals surface area (Å²) in [6.45, 7) is 1.92. The third-order valence-corrected chi connectivity index (χ3v) is 6.58. The van der Waals surface area contributed by atoms with E-state index in [0.29, 0.717) is 39.1 Å². The SMILES string of the molecule is COc1cc2nc(-c3ccc(Cl)c(Cl)c3)n(-c3ccnc(NC4CCCNC4)n3)c2cc1OC. The minimum Gasteiger partial charge on any atom is -0.493 e. The topological polar surface area (TPSA) is 86.1 Å². The van der Waals surface area contributed by atoms with Crippen molar-refractivity contribution in [2.45, 2.75) is 18.9 Å². The van der Waals surface area contributed by atoms with Gasteiger partial charge in [0.25, 0.3) is 0 Å². The Bertz CT molecular complexity index is 1340. The molecule has 1 saturated heterocycles. The molecule has 2 aromatic carbocycles. The van der Waals surface area contributed by atoms with Crippen LogP contribution >= 0.6 is 23.2 Å². The molecule has 3 heterocycles. The zero-order valence-electron chi connectivity index (χ0n) is 18.8. The third kappa shape index (κ3) is 4.36. The Morgan fingerprint density at radius 1 is 1.03 bits per heavy atom. The molecule has 5 rings (SSSR count). The van der Waals surface area contributed by atoms with E-state index in [1.165, 1.54) is 0 Å². The Labute approximate surface area is 207 Å². The molecule has 1 aliphatic rings. The molecule has 10 heteroatoms. The summed E-state index contributed by atoms with van der Waals surface area (Å²) in [6, 6.07) is 11.3. The van der Waals surface area contributed by atoms with Crippen molar-refractivity contribution < 1.29 is 9.47 Å². The average Bonchev–Trinajstić information content (AvgIpc) is 3.24. The zero-order chi connectivity index (χ0) is 23.7. The van der Waals surface area contributed by atoms with E-state index in [9.17, 15) is 0 Å². The van der Waals surface area contributed by atoms with Gasteiger partial charge in [0.2, 0.25) is 5.95 Å². The van der Waals surface area contributed by atoms with Crippen LogP contribution in [0.25, 0.3) is 28.2 Å². The van der Waals surface area contributed by atoms with E-state index < -0.39 is 0 Å². The Morgan fingerprint density at radius 2 is 1.85 bits per heavy atom. The summed E-state index contributed by atoms with van der Waals surface area (Å²) >= 11 is 12.5. The molecule has 34 heavy (non-hydrogen) atoms. The highest BCUT2D eigenvalue weighted by Crippen LogP contribution is 2.37. The Morgan fingerprint density at radius 3 is 2.59 bits per heavy atom. The van der Waals surface area contributed by atoms with Gasteiger partial charge in [-0.15, -0.1) is 0 Å². The number of fused-ring (bicyclic) bond motifs is 1. The highest BCUT2D eigenvalue weighted by atomic mass is 35.5. The van der Waals surface area contributed by atoms with Gasteiger partial charge in [-0.1, -0.05) is 23.2 Å². The molecule has 4 aromatic rings. The maximum Gasteiger partial charge on any atom is 0.224 e. The fourth-order valence-corrected chi connectivity index (χ4v) is 4.46. The first-order chi connectivity index (χ1) is 16.6. The zero-order valence-corrected chi connectivity index (χ0v) is 20.3. The molecule has 0 spiro atoms. The predicted octanol–water partition coefficient (Wildman–Crippen LogP) is 4.97. The van der Waals surface area contributed by atoms with Crippen molar-refractivity contribution in [3.63, 3.8) is 0 Å². The highest BCUT2D eigenvalue weighted by Gasteiger charge is 2.20. The van der Waals surface area contributed by atoms with Crippen LogP contribution in [0, 0.1) is 0 Å². The van der Waals surface area contributed by atoms with Crippen molar-refractivity contribution in [1.29, 1.82) is 0 Å². The molecule has 0 aliphatic carbocycles. The van der Waals surface area contributed by atoms with Crippen LogP contribution in [-0.2, 0) is 0 Å². The molecule has 8 nitrogen and oxygen atoms in total. The molecule has 1 fully saturated rings. The molecule has 0 bridgehead atoms. The number of piperidine rings is 1. The van der Waals surface area contributed by atoms with Gasteiger partial charge in [0, 0.05) is 36.5 Å². The largest absolute Gasteiger partial charge is 0.493 e. The monoisotopic (exact) mass is 498 g/mol. The Balaban J connectivity index is 1.67. The van der Waals surface area contributed by atoms with Gasteiger partial charge < -0.3 is 20.1 Å². The van der Waals surface area contributed by atoms with Crippen LogP contribution < -0.4 is 20.1 Å². The van der Waals surface area contributed by atoms with Gasteiger partial charge in [0.15, 0.2) is 11.5 Å².